The number of nitrogens with zero attached hydrogens (tertiary/aromatic N) is 3. The van der Waals surface area contributed by atoms with Crippen molar-refractivity contribution in [1.82, 2.24) is 14.6 Å². The Hall–Kier alpha value is -3.49. The second kappa shape index (κ2) is 6.91. The van der Waals surface area contributed by atoms with Gasteiger partial charge >= 0.3 is 5.97 Å². The van der Waals surface area contributed by atoms with Crippen LogP contribution in [0.5, 0.6) is 0 Å². The van der Waals surface area contributed by atoms with Crippen molar-refractivity contribution in [3.05, 3.63) is 64.0 Å². The van der Waals surface area contributed by atoms with Gasteiger partial charge in [-0.1, -0.05) is 0 Å². The van der Waals surface area contributed by atoms with Gasteiger partial charge in [0.2, 0.25) is 5.91 Å². The van der Waals surface area contributed by atoms with Gasteiger partial charge in [0, 0.05) is 36.8 Å². The average molecular weight is 384 g/mol. The quantitative estimate of drug-likeness (QED) is 0.693. The minimum atomic E-state index is -0.583. The van der Waals surface area contributed by atoms with E-state index in [1.807, 2.05) is 0 Å². The lowest BCUT2D eigenvalue weighted by Crippen LogP contribution is -2.24. The highest BCUT2D eigenvalue weighted by Gasteiger charge is 2.33. The monoisotopic (exact) mass is 384 g/mol. The molecule has 1 saturated heterocycles. The first kappa shape index (κ1) is 17.9. The third kappa shape index (κ3) is 3.04. The molecule has 4 rings (SSSR count). The number of anilines is 1. The summed E-state index contributed by atoms with van der Waals surface area (Å²) in [5.74, 6) is -1.43. The number of hydrogen-bond donors (Lipinski definition) is 1. The zero-order valence-corrected chi connectivity index (χ0v) is 15.0. The van der Waals surface area contributed by atoms with Crippen molar-refractivity contribution in [2.24, 2.45) is 0 Å². The van der Waals surface area contributed by atoms with Crippen LogP contribution in [0.4, 0.5) is 10.1 Å². The molecule has 0 radical (unpaired) electrons. The van der Waals surface area contributed by atoms with Gasteiger partial charge < -0.3 is 9.64 Å². The van der Waals surface area contributed by atoms with Gasteiger partial charge in [-0.2, -0.15) is 0 Å². The number of benzene rings is 1. The van der Waals surface area contributed by atoms with Gasteiger partial charge in [0.1, 0.15) is 11.4 Å². The van der Waals surface area contributed by atoms with Crippen molar-refractivity contribution in [2.45, 2.75) is 19.3 Å². The number of H-pyrrole nitrogens is 1. The summed E-state index contributed by atoms with van der Waals surface area (Å²) in [7, 11) is 0. The Labute approximate surface area is 158 Å². The number of nitrogens with one attached hydrogen (secondary N) is 1. The number of carbonyl (C=O) groups excluding carboxylic acids is 2. The van der Waals surface area contributed by atoms with E-state index in [9.17, 15) is 18.8 Å². The van der Waals surface area contributed by atoms with Crippen molar-refractivity contribution in [1.29, 1.82) is 0 Å². The molecule has 3 heterocycles. The molecule has 1 aliphatic rings. The number of hydrogen-bond acceptors (Lipinski definition) is 5. The smallest absolute Gasteiger partial charge is 0.343 e. The molecule has 3 aromatic rings. The van der Waals surface area contributed by atoms with Crippen LogP contribution in [0.1, 0.15) is 35.3 Å². The molecule has 0 spiro atoms. The number of ether oxygens (including phenoxy) is 1. The molecule has 1 aliphatic heterocycles. The first-order valence-corrected chi connectivity index (χ1v) is 8.82. The van der Waals surface area contributed by atoms with Crippen LogP contribution in [0.15, 0.2) is 41.3 Å². The molecule has 2 aromatic heterocycles. The summed E-state index contributed by atoms with van der Waals surface area (Å²) < 4.78 is 19.3. The highest BCUT2D eigenvalue weighted by atomic mass is 19.1. The summed E-state index contributed by atoms with van der Waals surface area (Å²) in [4.78, 5) is 42.9. The fourth-order valence-electron chi connectivity index (χ4n) is 3.34. The maximum absolute atomic E-state index is 13.1. The standard InChI is InChI=1S/C19H17FN4O4/c1-2-28-19(27)14-9-21-24-17(26)8-15(22-18(14)24)11-7-16(25)23(10-11)13-5-3-12(20)4-6-13/h3-6,8-9,11,21H,2,7,10H2,1H3. The van der Waals surface area contributed by atoms with Crippen LogP contribution in [0.3, 0.4) is 0 Å². The minimum Gasteiger partial charge on any atom is -0.462 e. The van der Waals surface area contributed by atoms with E-state index in [0.717, 1.165) is 4.52 Å². The molecule has 1 N–H and O–H groups in total. The van der Waals surface area contributed by atoms with E-state index < -0.39 is 5.97 Å². The summed E-state index contributed by atoms with van der Waals surface area (Å²) in [5.41, 5.74) is 0.936. The van der Waals surface area contributed by atoms with Crippen molar-refractivity contribution in [3.63, 3.8) is 0 Å². The molecule has 8 nitrogen and oxygen atoms in total. The van der Waals surface area contributed by atoms with E-state index in [1.165, 1.54) is 41.4 Å². The molecule has 1 amide bonds. The van der Waals surface area contributed by atoms with E-state index >= 15 is 0 Å². The van der Waals surface area contributed by atoms with E-state index in [0.29, 0.717) is 17.9 Å². The highest BCUT2D eigenvalue weighted by Crippen LogP contribution is 2.31. The fourth-order valence-corrected chi connectivity index (χ4v) is 3.34. The number of esters is 1. The maximum Gasteiger partial charge on any atom is 0.343 e. The Kier molecular flexibility index (Phi) is 4.42. The number of halogens is 1. The van der Waals surface area contributed by atoms with Gasteiger partial charge in [-0.05, 0) is 31.2 Å². The van der Waals surface area contributed by atoms with Crippen LogP contribution >= 0.6 is 0 Å². The summed E-state index contributed by atoms with van der Waals surface area (Å²) in [5, 5.41) is 2.69. The molecule has 1 unspecified atom stereocenters. The summed E-state index contributed by atoms with van der Waals surface area (Å²) in [6, 6.07) is 7.00. The number of rotatable bonds is 4. The Morgan fingerprint density at radius 2 is 2.07 bits per heavy atom. The average Bonchev–Trinajstić information content (AvgIpc) is 3.27. The van der Waals surface area contributed by atoms with Crippen LogP contribution in [0.25, 0.3) is 5.65 Å². The molecule has 0 aliphatic carbocycles. The Morgan fingerprint density at radius 3 is 2.79 bits per heavy atom. The molecule has 0 saturated carbocycles. The second-order valence-corrected chi connectivity index (χ2v) is 6.47. The lowest BCUT2D eigenvalue weighted by atomic mass is 10.0. The fraction of sp³-hybridized carbons (Fsp3) is 0.263. The van der Waals surface area contributed by atoms with Crippen LogP contribution in [0.2, 0.25) is 0 Å². The van der Waals surface area contributed by atoms with Gasteiger partial charge in [-0.3, -0.25) is 14.7 Å². The molecule has 1 fully saturated rings. The number of amides is 1. The molecule has 1 atom stereocenters. The zero-order valence-electron chi connectivity index (χ0n) is 15.0. The summed E-state index contributed by atoms with van der Waals surface area (Å²) >= 11 is 0. The second-order valence-electron chi connectivity index (χ2n) is 6.47. The zero-order chi connectivity index (χ0) is 19.8. The number of carbonyl (C=O) groups is 2. The normalized spacial score (nSPS) is 16.7. The molecule has 0 bridgehead atoms. The summed E-state index contributed by atoms with van der Waals surface area (Å²) in [6.45, 7) is 2.20. The van der Waals surface area contributed by atoms with Crippen LogP contribution in [-0.4, -0.2) is 39.6 Å². The van der Waals surface area contributed by atoms with E-state index in [1.54, 1.807) is 6.92 Å². The van der Waals surface area contributed by atoms with Crippen LogP contribution in [0, 0.1) is 5.82 Å². The van der Waals surface area contributed by atoms with Crippen LogP contribution in [-0.2, 0) is 9.53 Å². The first-order chi connectivity index (χ1) is 13.5. The van der Waals surface area contributed by atoms with Gasteiger partial charge in [0.05, 0.1) is 12.3 Å². The number of aromatic amines is 1. The maximum atomic E-state index is 13.1. The molecule has 9 heteroatoms. The molecule has 1 aromatic carbocycles. The van der Waals surface area contributed by atoms with Gasteiger partial charge in [0.15, 0.2) is 5.65 Å². The topological polar surface area (TPSA) is 96.8 Å². The predicted molar refractivity (Wildman–Crippen MR) is 97.9 cm³/mol. The van der Waals surface area contributed by atoms with Crippen molar-refractivity contribution >= 4 is 23.2 Å². The minimum absolute atomic E-state index is 0.140. The molecule has 144 valence electrons. The third-order valence-electron chi connectivity index (χ3n) is 4.69. The van der Waals surface area contributed by atoms with E-state index in [4.69, 9.17) is 4.74 Å². The Balaban J connectivity index is 1.68. The van der Waals surface area contributed by atoms with E-state index in [-0.39, 0.29) is 47.4 Å². The number of aromatic nitrogens is 3. The Bertz CT molecular complexity index is 1120. The van der Waals surface area contributed by atoms with Crippen molar-refractivity contribution in [3.8, 4) is 0 Å². The highest BCUT2D eigenvalue weighted by molar-refractivity contribution is 5.97. The largest absolute Gasteiger partial charge is 0.462 e. The predicted octanol–water partition coefficient (Wildman–Crippen LogP) is 1.86. The van der Waals surface area contributed by atoms with Gasteiger partial charge in [-0.25, -0.2) is 18.7 Å². The SMILES string of the molecule is CCOC(=O)c1c[nH]n2c(=O)cc(C3CC(=O)N(c4ccc(F)cc4)C3)nc12. The third-order valence-corrected chi connectivity index (χ3v) is 4.69. The lowest BCUT2D eigenvalue weighted by Gasteiger charge is -2.16. The first-order valence-electron chi connectivity index (χ1n) is 8.82. The number of fused-ring (bicyclic) bond motifs is 1. The van der Waals surface area contributed by atoms with Gasteiger partial charge in [0.25, 0.3) is 5.56 Å². The molecule has 28 heavy (non-hydrogen) atoms. The van der Waals surface area contributed by atoms with Crippen molar-refractivity contribution in [2.75, 3.05) is 18.1 Å². The van der Waals surface area contributed by atoms with Gasteiger partial charge in [-0.15, -0.1) is 0 Å². The Morgan fingerprint density at radius 1 is 1.32 bits per heavy atom. The van der Waals surface area contributed by atoms with Crippen LogP contribution < -0.4 is 10.5 Å². The molecular formula is C19H17FN4O4. The lowest BCUT2D eigenvalue weighted by molar-refractivity contribution is -0.117. The van der Waals surface area contributed by atoms with Crippen molar-refractivity contribution < 1.29 is 18.7 Å². The summed E-state index contributed by atoms with van der Waals surface area (Å²) in [6.07, 6.45) is 1.54. The molecular weight excluding hydrogens is 367 g/mol. The van der Waals surface area contributed by atoms with E-state index in [2.05, 4.69) is 10.1 Å².